The number of benzene rings is 3. The molecule has 158 valence electrons. The fourth-order valence-electron chi connectivity index (χ4n) is 3.44. The van der Waals surface area contributed by atoms with Crippen LogP contribution in [0.2, 0.25) is 0 Å². The van der Waals surface area contributed by atoms with Gasteiger partial charge < -0.3 is 8.98 Å². The van der Waals surface area contributed by atoms with Gasteiger partial charge in [-0.3, -0.25) is 4.72 Å². The molecule has 1 N–H and O–H groups in total. The minimum atomic E-state index is -4.06. The van der Waals surface area contributed by atoms with Crippen LogP contribution < -0.4 is 4.72 Å². The van der Waals surface area contributed by atoms with Crippen LogP contribution >= 0.6 is 0 Å². The first kappa shape index (κ1) is 19.8. The molecule has 0 amide bonds. The zero-order valence-corrected chi connectivity index (χ0v) is 17.7. The predicted octanol–water partition coefficient (Wildman–Crippen LogP) is 5.60. The van der Waals surface area contributed by atoms with Crippen molar-refractivity contribution in [1.29, 1.82) is 0 Å². The molecule has 0 aliphatic carbocycles. The van der Waals surface area contributed by atoms with E-state index in [0.29, 0.717) is 22.5 Å². The number of hydrogen-bond donors (Lipinski definition) is 1. The van der Waals surface area contributed by atoms with Gasteiger partial charge in [-0.15, -0.1) is 0 Å². The molecule has 3 aromatic carbocycles. The SMILES string of the molecule is O=S(=O)(Nc1ccccc1-n1cccc1)c1nc(-c2ccccc2)oc1-c1ccccc1. The van der Waals surface area contributed by atoms with E-state index in [4.69, 9.17) is 4.42 Å². The highest BCUT2D eigenvalue weighted by Crippen LogP contribution is 2.34. The molecule has 0 aliphatic heterocycles. The number of hydrogen-bond acceptors (Lipinski definition) is 4. The molecular weight excluding hydrogens is 422 g/mol. The van der Waals surface area contributed by atoms with Crippen LogP contribution in [0.25, 0.3) is 28.5 Å². The third kappa shape index (κ3) is 3.81. The molecule has 0 saturated heterocycles. The molecule has 0 saturated carbocycles. The van der Waals surface area contributed by atoms with E-state index < -0.39 is 10.0 Å². The number of nitrogens with zero attached hydrogens (tertiary/aromatic N) is 2. The molecule has 5 rings (SSSR count). The van der Waals surface area contributed by atoms with Crippen LogP contribution in [0.4, 0.5) is 5.69 Å². The van der Waals surface area contributed by atoms with E-state index in [0.717, 1.165) is 0 Å². The molecule has 0 bridgehead atoms. The Morgan fingerprint density at radius 2 is 1.31 bits per heavy atom. The number of aromatic nitrogens is 2. The highest BCUT2D eigenvalue weighted by molar-refractivity contribution is 7.92. The van der Waals surface area contributed by atoms with E-state index in [1.807, 2.05) is 89.8 Å². The maximum absolute atomic E-state index is 13.5. The summed E-state index contributed by atoms with van der Waals surface area (Å²) in [6.07, 6.45) is 3.71. The number of sulfonamides is 1. The Balaban J connectivity index is 1.62. The van der Waals surface area contributed by atoms with Gasteiger partial charge in [-0.1, -0.05) is 60.7 Å². The third-order valence-corrected chi connectivity index (χ3v) is 6.21. The number of rotatable bonds is 6. The second-order valence-electron chi connectivity index (χ2n) is 7.10. The molecule has 0 spiro atoms. The summed E-state index contributed by atoms with van der Waals surface area (Å²) in [5.41, 5.74) is 2.46. The quantitative estimate of drug-likeness (QED) is 0.372. The molecule has 2 aromatic heterocycles. The van der Waals surface area contributed by atoms with Gasteiger partial charge in [0, 0.05) is 23.5 Å². The summed E-state index contributed by atoms with van der Waals surface area (Å²) in [5.74, 6) is 0.430. The Bertz CT molecular complexity index is 1440. The average molecular weight is 442 g/mol. The van der Waals surface area contributed by atoms with Gasteiger partial charge in [0.1, 0.15) is 0 Å². The molecule has 0 aliphatic rings. The van der Waals surface area contributed by atoms with Crippen molar-refractivity contribution in [3.05, 3.63) is 109 Å². The largest absolute Gasteiger partial charge is 0.435 e. The summed E-state index contributed by atoms with van der Waals surface area (Å²) in [4.78, 5) is 4.39. The molecule has 0 radical (unpaired) electrons. The minimum absolute atomic E-state index is 0.162. The molecule has 2 heterocycles. The molecular formula is C25H19N3O3S. The van der Waals surface area contributed by atoms with Crippen molar-refractivity contribution in [3.8, 4) is 28.5 Å². The fraction of sp³-hybridized carbons (Fsp3) is 0. The Morgan fingerprint density at radius 3 is 2.00 bits per heavy atom. The summed E-state index contributed by atoms with van der Waals surface area (Å²) < 4.78 is 37.6. The molecule has 0 atom stereocenters. The molecule has 32 heavy (non-hydrogen) atoms. The molecule has 5 aromatic rings. The molecule has 0 fully saturated rings. The van der Waals surface area contributed by atoms with Crippen molar-refractivity contribution in [2.24, 2.45) is 0 Å². The van der Waals surface area contributed by atoms with E-state index in [2.05, 4.69) is 9.71 Å². The zero-order chi connectivity index (χ0) is 22.0. The summed E-state index contributed by atoms with van der Waals surface area (Å²) in [6.45, 7) is 0. The van der Waals surface area contributed by atoms with Gasteiger partial charge >= 0.3 is 0 Å². The van der Waals surface area contributed by atoms with Gasteiger partial charge in [0.15, 0.2) is 5.76 Å². The second-order valence-corrected chi connectivity index (χ2v) is 8.70. The fourth-order valence-corrected chi connectivity index (χ4v) is 4.60. The van der Waals surface area contributed by atoms with Crippen LogP contribution in [0.15, 0.2) is 119 Å². The predicted molar refractivity (Wildman–Crippen MR) is 124 cm³/mol. The standard InChI is InChI=1S/C25H19N3O3S/c29-32(30,27-21-15-7-8-16-22(21)28-17-9-10-18-28)25-23(19-11-3-1-4-12-19)31-24(26-25)20-13-5-2-6-14-20/h1-18,27H. The summed E-state index contributed by atoms with van der Waals surface area (Å²) >= 11 is 0. The number of anilines is 1. The number of para-hydroxylation sites is 2. The highest BCUT2D eigenvalue weighted by Gasteiger charge is 2.28. The van der Waals surface area contributed by atoms with Crippen LogP contribution in [0.1, 0.15) is 0 Å². The van der Waals surface area contributed by atoms with Crippen LogP contribution in [-0.2, 0) is 10.0 Å². The second kappa shape index (κ2) is 8.20. The monoisotopic (exact) mass is 441 g/mol. The Morgan fingerprint density at radius 1 is 0.719 bits per heavy atom. The van der Waals surface area contributed by atoms with Crippen molar-refractivity contribution >= 4 is 15.7 Å². The van der Waals surface area contributed by atoms with E-state index in [-0.39, 0.29) is 16.7 Å². The van der Waals surface area contributed by atoms with E-state index in [1.165, 1.54) is 0 Å². The van der Waals surface area contributed by atoms with Gasteiger partial charge in [0.05, 0.1) is 11.4 Å². The number of oxazole rings is 1. The smallest absolute Gasteiger partial charge is 0.283 e. The topological polar surface area (TPSA) is 77.1 Å². The van der Waals surface area contributed by atoms with Crippen molar-refractivity contribution in [2.75, 3.05) is 4.72 Å². The van der Waals surface area contributed by atoms with Gasteiger partial charge in [0.25, 0.3) is 10.0 Å². The first-order chi connectivity index (χ1) is 15.6. The van der Waals surface area contributed by atoms with E-state index in [1.54, 1.807) is 24.3 Å². The summed E-state index contributed by atoms with van der Waals surface area (Å²) in [7, 11) is -4.06. The van der Waals surface area contributed by atoms with Crippen molar-refractivity contribution in [3.63, 3.8) is 0 Å². The summed E-state index contributed by atoms with van der Waals surface area (Å²) in [5, 5.41) is -0.162. The van der Waals surface area contributed by atoms with Gasteiger partial charge in [0.2, 0.25) is 10.9 Å². The van der Waals surface area contributed by atoms with Crippen LogP contribution in [-0.4, -0.2) is 18.0 Å². The third-order valence-electron chi connectivity index (χ3n) is 4.94. The van der Waals surface area contributed by atoms with Gasteiger partial charge in [-0.05, 0) is 36.4 Å². The summed E-state index contributed by atoms with van der Waals surface area (Å²) in [6, 6.07) is 29.3. The lowest BCUT2D eigenvalue weighted by atomic mass is 10.2. The minimum Gasteiger partial charge on any atom is -0.435 e. The van der Waals surface area contributed by atoms with E-state index >= 15 is 0 Å². The lowest BCUT2D eigenvalue weighted by Gasteiger charge is -2.12. The van der Waals surface area contributed by atoms with Crippen molar-refractivity contribution in [1.82, 2.24) is 9.55 Å². The molecule has 6 nitrogen and oxygen atoms in total. The molecule has 7 heteroatoms. The van der Waals surface area contributed by atoms with Gasteiger partial charge in [-0.2, -0.15) is 13.4 Å². The first-order valence-corrected chi connectivity index (χ1v) is 11.5. The van der Waals surface area contributed by atoms with Crippen LogP contribution in [0.3, 0.4) is 0 Å². The maximum atomic E-state index is 13.5. The lowest BCUT2D eigenvalue weighted by molar-refractivity contribution is 0.581. The Kier molecular flexibility index (Phi) is 5.09. The van der Waals surface area contributed by atoms with Crippen molar-refractivity contribution in [2.45, 2.75) is 5.03 Å². The Hall–Kier alpha value is -4.10. The average Bonchev–Trinajstić information content (AvgIpc) is 3.51. The highest BCUT2D eigenvalue weighted by atomic mass is 32.2. The van der Waals surface area contributed by atoms with Crippen molar-refractivity contribution < 1.29 is 12.8 Å². The Labute approximate surface area is 185 Å². The lowest BCUT2D eigenvalue weighted by Crippen LogP contribution is -2.15. The normalized spacial score (nSPS) is 11.4. The maximum Gasteiger partial charge on any atom is 0.283 e. The number of nitrogens with one attached hydrogen (secondary N) is 1. The molecule has 0 unspecified atom stereocenters. The van der Waals surface area contributed by atoms with Crippen LogP contribution in [0, 0.1) is 0 Å². The first-order valence-electron chi connectivity index (χ1n) is 9.99. The van der Waals surface area contributed by atoms with Crippen LogP contribution in [0.5, 0.6) is 0 Å². The van der Waals surface area contributed by atoms with Gasteiger partial charge in [-0.25, -0.2) is 0 Å². The van der Waals surface area contributed by atoms with E-state index in [9.17, 15) is 8.42 Å². The zero-order valence-electron chi connectivity index (χ0n) is 16.9.